The van der Waals surface area contributed by atoms with Crippen molar-refractivity contribution < 1.29 is 0 Å². The van der Waals surface area contributed by atoms with E-state index in [2.05, 4.69) is 114 Å². The van der Waals surface area contributed by atoms with Crippen LogP contribution in [-0.4, -0.2) is 14.5 Å². The molecular weight excluding hydrogens is 426 g/mol. The lowest BCUT2D eigenvalue weighted by atomic mass is 10.0. The molecule has 0 saturated heterocycles. The van der Waals surface area contributed by atoms with Gasteiger partial charge in [-0.3, -0.25) is 0 Å². The van der Waals surface area contributed by atoms with Crippen LogP contribution in [-0.2, 0) is 0 Å². The van der Waals surface area contributed by atoms with Crippen molar-refractivity contribution in [1.82, 2.24) is 14.5 Å². The molecule has 0 unspecified atom stereocenters. The maximum absolute atomic E-state index is 5.18. The number of hydrogen-bond donors (Lipinski definition) is 0. The molecule has 0 amide bonds. The first-order chi connectivity index (χ1) is 17.4. The highest BCUT2D eigenvalue weighted by molar-refractivity contribution is 6.16. The van der Waals surface area contributed by atoms with Gasteiger partial charge in [0.2, 0.25) is 0 Å². The Morgan fingerprint density at radius 3 is 2.11 bits per heavy atom. The molecule has 0 atom stereocenters. The van der Waals surface area contributed by atoms with Crippen molar-refractivity contribution in [3.63, 3.8) is 0 Å². The highest BCUT2D eigenvalue weighted by Crippen LogP contribution is 2.46. The number of rotatable bonds is 2. The van der Waals surface area contributed by atoms with Gasteiger partial charge in [0, 0.05) is 39.3 Å². The Bertz CT molecular complexity index is 1940. The summed E-state index contributed by atoms with van der Waals surface area (Å²) in [5, 5.41) is 4.90. The topological polar surface area (TPSA) is 30.7 Å². The zero-order valence-corrected chi connectivity index (χ0v) is 18.8. The van der Waals surface area contributed by atoms with E-state index in [1.54, 1.807) is 0 Å². The van der Waals surface area contributed by atoms with Crippen molar-refractivity contribution in [2.24, 2.45) is 0 Å². The van der Waals surface area contributed by atoms with Gasteiger partial charge in [-0.2, -0.15) is 0 Å². The predicted molar refractivity (Wildman–Crippen MR) is 144 cm³/mol. The Hall–Kier alpha value is -4.76. The molecule has 0 spiro atoms. The number of aromatic nitrogens is 3. The van der Waals surface area contributed by atoms with Crippen molar-refractivity contribution in [1.29, 1.82) is 0 Å². The molecule has 0 saturated carbocycles. The Kier molecular flexibility index (Phi) is 3.66. The maximum Gasteiger partial charge on any atom is 0.160 e. The van der Waals surface area contributed by atoms with Crippen molar-refractivity contribution in [2.45, 2.75) is 0 Å². The molecule has 1 aliphatic rings. The maximum atomic E-state index is 5.18. The van der Waals surface area contributed by atoms with Gasteiger partial charge in [0.05, 0.1) is 16.7 Å². The average molecular weight is 446 g/mol. The van der Waals surface area contributed by atoms with Crippen LogP contribution in [0.3, 0.4) is 0 Å². The fourth-order valence-electron chi connectivity index (χ4n) is 5.74. The lowest BCUT2D eigenvalue weighted by Gasteiger charge is -2.09. The van der Waals surface area contributed by atoms with Crippen LogP contribution in [0, 0.1) is 0 Å². The molecule has 7 aromatic rings. The molecule has 0 bridgehead atoms. The van der Waals surface area contributed by atoms with Crippen molar-refractivity contribution >= 4 is 32.6 Å². The molecule has 3 nitrogen and oxygen atoms in total. The molecule has 0 aliphatic heterocycles. The quantitative estimate of drug-likeness (QED) is 0.269. The van der Waals surface area contributed by atoms with Crippen LogP contribution in [0.5, 0.6) is 0 Å². The third kappa shape index (κ3) is 2.50. The van der Waals surface area contributed by atoms with Crippen molar-refractivity contribution in [3.8, 4) is 39.5 Å². The molecule has 35 heavy (non-hydrogen) atoms. The molecule has 2 heterocycles. The molecule has 162 valence electrons. The highest BCUT2D eigenvalue weighted by atomic mass is 15.0. The van der Waals surface area contributed by atoms with Crippen LogP contribution in [0.1, 0.15) is 0 Å². The first-order valence-electron chi connectivity index (χ1n) is 11.9. The molecule has 0 N–H and O–H groups in total. The molecule has 5 aromatic carbocycles. The van der Waals surface area contributed by atoms with E-state index in [9.17, 15) is 0 Å². The summed E-state index contributed by atoms with van der Waals surface area (Å²) in [6.07, 6.45) is 2.00. The Balaban J connectivity index is 1.43. The highest BCUT2D eigenvalue weighted by Gasteiger charge is 2.24. The number of fused-ring (bicyclic) bond motifs is 6. The van der Waals surface area contributed by atoms with Gasteiger partial charge >= 0.3 is 0 Å². The van der Waals surface area contributed by atoms with Gasteiger partial charge in [-0.25, -0.2) is 9.97 Å². The van der Waals surface area contributed by atoms with E-state index in [0.29, 0.717) is 0 Å². The fourth-order valence-corrected chi connectivity index (χ4v) is 5.74. The molecular formula is C32H19N3. The number of nitrogens with zero attached hydrogens (tertiary/aromatic N) is 3. The monoisotopic (exact) mass is 445 g/mol. The number of para-hydroxylation sites is 2. The van der Waals surface area contributed by atoms with Gasteiger partial charge in [-0.15, -0.1) is 0 Å². The first kappa shape index (κ1) is 18.6. The van der Waals surface area contributed by atoms with Crippen LogP contribution in [0.2, 0.25) is 0 Å². The van der Waals surface area contributed by atoms with Gasteiger partial charge in [0.25, 0.3) is 0 Å². The lowest BCUT2D eigenvalue weighted by Crippen LogP contribution is -1.94. The number of hydrogen-bond acceptors (Lipinski definition) is 2. The van der Waals surface area contributed by atoms with Crippen LogP contribution in [0.4, 0.5) is 0 Å². The molecule has 8 rings (SSSR count). The van der Waals surface area contributed by atoms with Gasteiger partial charge < -0.3 is 4.57 Å². The third-order valence-corrected chi connectivity index (χ3v) is 7.19. The Morgan fingerprint density at radius 2 is 1.23 bits per heavy atom. The molecule has 3 heteroatoms. The molecule has 0 fully saturated rings. The van der Waals surface area contributed by atoms with Crippen LogP contribution >= 0.6 is 0 Å². The average Bonchev–Trinajstić information content (AvgIpc) is 3.43. The zero-order chi connectivity index (χ0) is 22.9. The summed E-state index contributed by atoms with van der Waals surface area (Å²) in [6, 6.07) is 38.5. The standard InChI is InChI=1S/C32H19N3/c1-2-11-21(12-3-1)35-27-17-5-4-13-23(27)30-25(16-8-18-28(30)35)32-33-19-26-22-14-6-9-20-10-7-15-24(29(20)22)31(26)34-32/h1-19H. The fraction of sp³-hybridized carbons (Fsp3) is 0. The van der Waals surface area contributed by atoms with E-state index in [1.165, 1.54) is 38.2 Å². The molecule has 1 aliphatic carbocycles. The predicted octanol–water partition coefficient (Wildman–Crippen LogP) is 8.04. The van der Waals surface area contributed by atoms with E-state index in [4.69, 9.17) is 9.97 Å². The summed E-state index contributed by atoms with van der Waals surface area (Å²) >= 11 is 0. The van der Waals surface area contributed by atoms with Gasteiger partial charge in [0.1, 0.15) is 0 Å². The van der Waals surface area contributed by atoms with E-state index >= 15 is 0 Å². The van der Waals surface area contributed by atoms with E-state index in [1.807, 2.05) is 6.20 Å². The minimum Gasteiger partial charge on any atom is -0.309 e. The van der Waals surface area contributed by atoms with Gasteiger partial charge in [-0.1, -0.05) is 84.9 Å². The van der Waals surface area contributed by atoms with E-state index in [0.717, 1.165) is 33.8 Å². The van der Waals surface area contributed by atoms with E-state index < -0.39 is 0 Å². The minimum atomic E-state index is 0.759. The van der Waals surface area contributed by atoms with E-state index in [-0.39, 0.29) is 0 Å². The molecule has 0 radical (unpaired) electrons. The van der Waals surface area contributed by atoms with Gasteiger partial charge in [-0.05, 0) is 40.6 Å². The molecule has 2 aromatic heterocycles. The second-order valence-corrected chi connectivity index (χ2v) is 9.05. The summed E-state index contributed by atoms with van der Waals surface area (Å²) in [7, 11) is 0. The summed E-state index contributed by atoms with van der Waals surface area (Å²) in [6.45, 7) is 0. The summed E-state index contributed by atoms with van der Waals surface area (Å²) in [5.41, 5.74) is 9.08. The second-order valence-electron chi connectivity index (χ2n) is 9.05. The van der Waals surface area contributed by atoms with Crippen LogP contribution in [0.15, 0.2) is 115 Å². The number of benzene rings is 5. The SMILES string of the molecule is c1ccc(-n2c3ccccc3c3c(-c4ncc5c(n4)-c4cccc6cccc-5c46)cccc32)cc1. The summed E-state index contributed by atoms with van der Waals surface area (Å²) in [4.78, 5) is 10.1. The third-order valence-electron chi connectivity index (χ3n) is 7.19. The van der Waals surface area contributed by atoms with Crippen LogP contribution in [0.25, 0.3) is 72.0 Å². The normalized spacial score (nSPS) is 12.0. The van der Waals surface area contributed by atoms with Gasteiger partial charge in [0.15, 0.2) is 5.82 Å². The largest absolute Gasteiger partial charge is 0.309 e. The minimum absolute atomic E-state index is 0.759. The zero-order valence-electron chi connectivity index (χ0n) is 18.8. The summed E-state index contributed by atoms with van der Waals surface area (Å²) in [5.74, 6) is 0.759. The summed E-state index contributed by atoms with van der Waals surface area (Å²) < 4.78 is 2.33. The Labute approximate surface area is 202 Å². The smallest absolute Gasteiger partial charge is 0.160 e. The van der Waals surface area contributed by atoms with Crippen molar-refractivity contribution in [2.75, 3.05) is 0 Å². The Morgan fingerprint density at radius 1 is 0.514 bits per heavy atom. The second kappa shape index (κ2) is 6.87. The lowest BCUT2D eigenvalue weighted by molar-refractivity contribution is 1.18. The van der Waals surface area contributed by atoms with Crippen LogP contribution < -0.4 is 0 Å². The van der Waals surface area contributed by atoms with Crippen molar-refractivity contribution in [3.05, 3.63) is 115 Å². The first-order valence-corrected chi connectivity index (χ1v) is 11.9.